The number of rotatable bonds is 5. The van der Waals surface area contributed by atoms with E-state index in [1.165, 1.54) is 11.8 Å². The van der Waals surface area contributed by atoms with Crippen LogP contribution in [0.4, 0.5) is 5.69 Å². The lowest BCUT2D eigenvalue weighted by atomic mass is 10.3. The lowest BCUT2D eigenvalue weighted by Gasteiger charge is -2.09. The van der Waals surface area contributed by atoms with Gasteiger partial charge in [-0.05, 0) is 19.4 Å². The van der Waals surface area contributed by atoms with Gasteiger partial charge in [0.05, 0.1) is 4.92 Å². The van der Waals surface area contributed by atoms with E-state index >= 15 is 0 Å². The number of pyridine rings is 1. The molecule has 1 aromatic heterocycles. The zero-order chi connectivity index (χ0) is 12.1. The Bertz CT molecular complexity index is 384. The van der Waals surface area contributed by atoms with Gasteiger partial charge in [-0.3, -0.25) is 10.1 Å². The molecule has 0 aliphatic rings. The molecule has 1 unspecified atom stereocenters. The van der Waals surface area contributed by atoms with E-state index in [0.29, 0.717) is 17.0 Å². The first-order valence-electron chi connectivity index (χ1n) is 4.93. The molecule has 0 bridgehead atoms. The molecular formula is C10H14N2O3S. The number of hydrogen-bond acceptors (Lipinski definition) is 5. The van der Waals surface area contributed by atoms with Gasteiger partial charge in [-0.15, -0.1) is 0 Å². The van der Waals surface area contributed by atoms with Gasteiger partial charge in [0.2, 0.25) is 0 Å². The van der Waals surface area contributed by atoms with Crippen molar-refractivity contribution in [3.05, 3.63) is 27.9 Å². The first kappa shape index (κ1) is 12.9. The van der Waals surface area contributed by atoms with Crippen molar-refractivity contribution in [2.45, 2.75) is 30.5 Å². The maximum absolute atomic E-state index is 10.9. The second kappa shape index (κ2) is 5.81. The SMILES string of the molecule is Cc1ccnc(SC(C)CCO)c1[N+](=O)[O-]. The van der Waals surface area contributed by atoms with E-state index in [4.69, 9.17) is 5.11 Å². The van der Waals surface area contributed by atoms with Crippen LogP contribution >= 0.6 is 11.8 Å². The predicted octanol–water partition coefficient (Wildman–Crippen LogP) is 2.16. The highest BCUT2D eigenvalue weighted by Crippen LogP contribution is 2.33. The van der Waals surface area contributed by atoms with Crippen molar-refractivity contribution in [2.75, 3.05) is 6.61 Å². The molecule has 0 amide bonds. The van der Waals surface area contributed by atoms with Crippen LogP contribution in [-0.2, 0) is 0 Å². The van der Waals surface area contributed by atoms with Gasteiger partial charge in [-0.25, -0.2) is 4.98 Å². The molecule has 1 N–H and O–H groups in total. The number of hydrogen-bond donors (Lipinski definition) is 1. The molecule has 0 aliphatic carbocycles. The van der Waals surface area contributed by atoms with Gasteiger partial charge >= 0.3 is 5.69 Å². The van der Waals surface area contributed by atoms with E-state index < -0.39 is 4.92 Å². The number of aryl methyl sites for hydroxylation is 1. The summed E-state index contributed by atoms with van der Waals surface area (Å²) in [5.41, 5.74) is 0.677. The Kier molecular flexibility index (Phi) is 4.70. The number of thioether (sulfide) groups is 1. The van der Waals surface area contributed by atoms with Crippen LogP contribution in [0, 0.1) is 17.0 Å². The molecule has 0 fully saturated rings. The standard InChI is InChI=1S/C10H14N2O3S/c1-7-3-5-11-10(9(7)12(14)15)16-8(2)4-6-13/h3,5,8,13H,4,6H2,1-2H3. The van der Waals surface area contributed by atoms with Gasteiger partial charge in [-0.1, -0.05) is 18.7 Å². The van der Waals surface area contributed by atoms with E-state index in [-0.39, 0.29) is 17.5 Å². The molecule has 0 spiro atoms. The summed E-state index contributed by atoms with van der Waals surface area (Å²) < 4.78 is 0. The molecule has 0 radical (unpaired) electrons. The second-order valence-electron chi connectivity index (χ2n) is 3.48. The third-order valence-corrected chi connectivity index (χ3v) is 3.28. The van der Waals surface area contributed by atoms with E-state index in [9.17, 15) is 10.1 Å². The van der Waals surface area contributed by atoms with Crippen molar-refractivity contribution in [3.8, 4) is 0 Å². The smallest absolute Gasteiger partial charge is 0.304 e. The zero-order valence-corrected chi connectivity index (χ0v) is 10.0. The molecular weight excluding hydrogens is 228 g/mol. The molecule has 0 saturated heterocycles. The Labute approximate surface area is 98.0 Å². The Balaban J connectivity index is 2.95. The minimum absolute atomic E-state index is 0.0669. The first-order chi connectivity index (χ1) is 7.56. The van der Waals surface area contributed by atoms with Crippen LogP contribution < -0.4 is 0 Å². The summed E-state index contributed by atoms with van der Waals surface area (Å²) in [5.74, 6) is 0. The highest BCUT2D eigenvalue weighted by atomic mass is 32.2. The molecule has 5 nitrogen and oxygen atoms in total. The Morgan fingerprint density at radius 2 is 2.38 bits per heavy atom. The molecule has 0 saturated carbocycles. The number of aromatic nitrogens is 1. The number of nitrogens with zero attached hydrogens (tertiary/aromatic N) is 2. The van der Waals surface area contributed by atoms with Crippen LogP contribution in [-0.4, -0.2) is 26.9 Å². The molecule has 1 heterocycles. The summed E-state index contributed by atoms with van der Waals surface area (Å²) in [5, 5.41) is 20.2. The zero-order valence-electron chi connectivity index (χ0n) is 9.21. The van der Waals surface area contributed by atoms with Crippen molar-refractivity contribution in [1.29, 1.82) is 0 Å². The molecule has 16 heavy (non-hydrogen) atoms. The highest BCUT2D eigenvalue weighted by Gasteiger charge is 2.20. The number of aliphatic hydroxyl groups is 1. The second-order valence-corrected chi connectivity index (χ2v) is 4.91. The quantitative estimate of drug-likeness (QED) is 0.486. The van der Waals surface area contributed by atoms with Crippen LogP contribution in [0.15, 0.2) is 17.3 Å². The number of nitro groups is 1. The minimum Gasteiger partial charge on any atom is -0.396 e. The molecule has 0 aliphatic heterocycles. The highest BCUT2D eigenvalue weighted by molar-refractivity contribution is 8.00. The van der Waals surface area contributed by atoms with Crippen LogP contribution in [0.1, 0.15) is 18.9 Å². The van der Waals surface area contributed by atoms with E-state index in [0.717, 1.165) is 0 Å². The van der Waals surface area contributed by atoms with Crippen LogP contribution in [0.2, 0.25) is 0 Å². The Hall–Kier alpha value is -1.14. The molecule has 0 aromatic carbocycles. The Morgan fingerprint density at radius 3 is 2.94 bits per heavy atom. The van der Waals surface area contributed by atoms with Gasteiger partial charge in [0.15, 0.2) is 5.03 Å². The molecule has 88 valence electrons. The van der Waals surface area contributed by atoms with Gasteiger partial charge in [0.25, 0.3) is 0 Å². The fraction of sp³-hybridized carbons (Fsp3) is 0.500. The molecule has 1 rings (SSSR count). The summed E-state index contributed by atoms with van der Waals surface area (Å²) >= 11 is 1.32. The Morgan fingerprint density at radius 1 is 1.69 bits per heavy atom. The topological polar surface area (TPSA) is 76.3 Å². The van der Waals surface area contributed by atoms with E-state index in [2.05, 4.69) is 4.98 Å². The first-order valence-corrected chi connectivity index (χ1v) is 5.81. The van der Waals surface area contributed by atoms with Gasteiger partial charge in [0.1, 0.15) is 0 Å². The van der Waals surface area contributed by atoms with Crippen molar-refractivity contribution in [3.63, 3.8) is 0 Å². The lowest BCUT2D eigenvalue weighted by molar-refractivity contribution is -0.388. The third kappa shape index (κ3) is 3.18. The van der Waals surface area contributed by atoms with E-state index in [1.807, 2.05) is 6.92 Å². The van der Waals surface area contributed by atoms with Crippen LogP contribution in [0.3, 0.4) is 0 Å². The van der Waals surface area contributed by atoms with Crippen LogP contribution in [0.25, 0.3) is 0 Å². The van der Waals surface area contributed by atoms with Crippen LogP contribution in [0.5, 0.6) is 0 Å². The van der Waals surface area contributed by atoms with Gasteiger partial charge in [-0.2, -0.15) is 0 Å². The number of aliphatic hydroxyl groups excluding tert-OH is 1. The third-order valence-electron chi connectivity index (χ3n) is 2.12. The van der Waals surface area contributed by atoms with Gasteiger partial charge in [0, 0.05) is 23.6 Å². The molecule has 1 aromatic rings. The normalized spacial score (nSPS) is 12.4. The summed E-state index contributed by atoms with van der Waals surface area (Å²) in [6.45, 7) is 3.68. The van der Waals surface area contributed by atoms with E-state index in [1.54, 1.807) is 19.2 Å². The average molecular weight is 242 g/mol. The maximum atomic E-state index is 10.9. The van der Waals surface area contributed by atoms with Crippen molar-refractivity contribution in [2.24, 2.45) is 0 Å². The van der Waals surface area contributed by atoms with Crippen molar-refractivity contribution >= 4 is 17.4 Å². The molecule has 1 atom stereocenters. The predicted molar refractivity (Wildman–Crippen MR) is 62.7 cm³/mol. The summed E-state index contributed by atoms with van der Waals surface area (Å²) in [6, 6.07) is 1.62. The minimum atomic E-state index is -0.406. The fourth-order valence-electron chi connectivity index (χ4n) is 1.27. The summed E-state index contributed by atoms with van der Waals surface area (Å²) in [7, 11) is 0. The van der Waals surface area contributed by atoms with Gasteiger partial charge < -0.3 is 5.11 Å². The summed E-state index contributed by atoms with van der Waals surface area (Å²) in [6.07, 6.45) is 2.16. The van der Waals surface area contributed by atoms with Crippen molar-refractivity contribution < 1.29 is 10.0 Å². The monoisotopic (exact) mass is 242 g/mol. The lowest BCUT2D eigenvalue weighted by Crippen LogP contribution is -2.03. The molecule has 6 heteroatoms. The van der Waals surface area contributed by atoms with Crippen molar-refractivity contribution in [1.82, 2.24) is 4.98 Å². The summed E-state index contributed by atoms with van der Waals surface area (Å²) in [4.78, 5) is 14.5. The largest absolute Gasteiger partial charge is 0.396 e. The average Bonchev–Trinajstić information content (AvgIpc) is 2.17. The maximum Gasteiger partial charge on any atom is 0.304 e. The fourth-order valence-corrected chi connectivity index (χ4v) is 2.34.